The summed E-state index contributed by atoms with van der Waals surface area (Å²) in [6.45, 7) is 0.161. The van der Waals surface area contributed by atoms with Gasteiger partial charge in [0.25, 0.3) is 5.91 Å². The van der Waals surface area contributed by atoms with E-state index in [4.69, 9.17) is 5.73 Å². The maximum Gasteiger partial charge on any atom is 0.416 e. The van der Waals surface area contributed by atoms with Crippen LogP contribution < -0.4 is 16.4 Å². The zero-order valence-corrected chi connectivity index (χ0v) is 14.8. The van der Waals surface area contributed by atoms with Crippen LogP contribution in [0.5, 0.6) is 0 Å². The number of halogens is 4. The summed E-state index contributed by atoms with van der Waals surface area (Å²) in [7, 11) is 0. The van der Waals surface area contributed by atoms with Crippen LogP contribution in [-0.2, 0) is 12.7 Å². The van der Waals surface area contributed by atoms with E-state index in [-0.39, 0.29) is 17.9 Å². The fourth-order valence-corrected chi connectivity index (χ4v) is 2.51. The molecule has 0 radical (unpaired) electrons. The Morgan fingerprint density at radius 2 is 1.79 bits per heavy atom. The Hall–Kier alpha value is -3.69. The van der Waals surface area contributed by atoms with E-state index >= 15 is 0 Å². The van der Waals surface area contributed by atoms with Crippen molar-refractivity contribution in [1.29, 1.82) is 0 Å². The number of anilines is 3. The number of carbonyl (C=O) groups excluding carboxylic acids is 1. The summed E-state index contributed by atoms with van der Waals surface area (Å²) in [5.41, 5.74) is 5.92. The minimum Gasteiger partial charge on any atom is -0.380 e. The molecule has 150 valence electrons. The summed E-state index contributed by atoms with van der Waals surface area (Å²) in [6.07, 6.45) is -0.664. The summed E-state index contributed by atoms with van der Waals surface area (Å²) >= 11 is 0. The number of amides is 1. The Balaban J connectivity index is 1.79. The number of carbonyl (C=O) groups is 1. The van der Waals surface area contributed by atoms with Gasteiger partial charge in [0.05, 0.1) is 23.0 Å². The molecule has 6 nitrogen and oxygen atoms in total. The number of hydrogen-bond donors (Lipinski definition) is 3. The molecule has 4 N–H and O–H groups in total. The number of pyridine rings is 2. The molecule has 0 aliphatic carbocycles. The molecule has 2 aromatic heterocycles. The summed E-state index contributed by atoms with van der Waals surface area (Å²) in [4.78, 5) is 19.4. The molecule has 0 spiro atoms. The third kappa shape index (κ3) is 5.18. The van der Waals surface area contributed by atoms with Gasteiger partial charge in [-0.15, -0.1) is 0 Å². The molecule has 0 atom stereocenters. The lowest BCUT2D eigenvalue weighted by molar-refractivity contribution is -0.137. The van der Waals surface area contributed by atoms with E-state index in [0.29, 0.717) is 16.9 Å². The van der Waals surface area contributed by atoms with E-state index in [1.165, 1.54) is 36.7 Å². The largest absolute Gasteiger partial charge is 0.416 e. The minimum absolute atomic E-state index is 0.104. The standard InChI is InChI=1S/C19H15F4N5O/c20-13-5-11(7-25-9-13)8-26-16-6-17(27-10-15(16)18(24)29)28-14-3-1-12(2-4-14)19(21,22)23/h1-7,9-10H,8H2,(H2,24,29)(H2,26,27,28). The van der Waals surface area contributed by atoms with Gasteiger partial charge in [0.2, 0.25) is 0 Å². The van der Waals surface area contributed by atoms with Crippen LogP contribution in [0.3, 0.4) is 0 Å². The molecule has 10 heteroatoms. The highest BCUT2D eigenvalue weighted by molar-refractivity contribution is 5.98. The van der Waals surface area contributed by atoms with Crippen LogP contribution in [0.2, 0.25) is 0 Å². The molecule has 0 saturated heterocycles. The first-order chi connectivity index (χ1) is 13.7. The molecule has 0 bridgehead atoms. The minimum atomic E-state index is -4.43. The van der Waals surface area contributed by atoms with Crippen LogP contribution in [0.4, 0.5) is 34.8 Å². The molecule has 0 unspecified atom stereocenters. The molecular weight excluding hydrogens is 390 g/mol. The molecule has 0 fully saturated rings. The first-order valence-electron chi connectivity index (χ1n) is 8.30. The Kier molecular flexibility index (Phi) is 5.62. The summed E-state index contributed by atoms with van der Waals surface area (Å²) < 4.78 is 51.2. The number of nitrogens with zero attached hydrogens (tertiary/aromatic N) is 2. The van der Waals surface area contributed by atoms with Gasteiger partial charge in [0.15, 0.2) is 0 Å². The highest BCUT2D eigenvalue weighted by Crippen LogP contribution is 2.30. The predicted molar refractivity (Wildman–Crippen MR) is 99.0 cm³/mol. The number of nitrogens with one attached hydrogen (secondary N) is 2. The lowest BCUT2D eigenvalue weighted by Gasteiger charge is -2.13. The zero-order chi connectivity index (χ0) is 21.0. The van der Waals surface area contributed by atoms with E-state index in [2.05, 4.69) is 20.6 Å². The summed E-state index contributed by atoms with van der Waals surface area (Å²) in [5, 5.41) is 5.81. The highest BCUT2D eigenvalue weighted by atomic mass is 19.4. The Labute approximate surface area is 162 Å². The van der Waals surface area contributed by atoms with Gasteiger partial charge in [-0.05, 0) is 35.9 Å². The van der Waals surface area contributed by atoms with Crippen molar-refractivity contribution in [2.75, 3.05) is 10.6 Å². The molecule has 2 heterocycles. The molecule has 0 aliphatic heterocycles. The molecule has 1 amide bonds. The van der Waals surface area contributed by atoms with Crippen molar-refractivity contribution in [1.82, 2.24) is 9.97 Å². The maximum absolute atomic E-state index is 13.3. The second-order valence-electron chi connectivity index (χ2n) is 6.04. The van der Waals surface area contributed by atoms with Gasteiger partial charge in [-0.25, -0.2) is 9.37 Å². The van der Waals surface area contributed by atoms with Crippen molar-refractivity contribution in [3.05, 3.63) is 77.5 Å². The van der Waals surface area contributed by atoms with Crippen molar-refractivity contribution in [3.8, 4) is 0 Å². The Morgan fingerprint density at radius 1 is 1.07 bits per heavy atom. The average Bonchev–Trinajstić information content (AvgIpc) is 2.66. The number of nitrogens with two attached hydrogens (primary N) is 1. The van der Waals surface area contributed by atoms with E-state index in [1.54, 1.807) is 0 Å². The molecule has 0 aliphatic rings. The van der Waals surface area contributed by atoms with E-state index < -0.39 is 23.5 Å². The van der Waals surface area contributed by atoms with Crippen molar-refractivity contribution in [3.63, 3.8) is 0 Å². The fourth-order valence-electron chi connectivity index (χ4n) is 2.51. The van der Waals surface area contributed by atoms with E-state index in [0.717, 1.165) is 18.3 Å². The van der Waals surface area contributed by atoms with Crippen LogP contribution in [0.15, 0.2) is 55.0 Å². The van der Waals surface area contributed by atoms with Crippen molar-refractivity contribution >= 4 is 23.1 Å². The Bertz CT molecular complexity index is 1020. The summed E-state index contributed by atoms with van der Waals surface area (Å²) in [5.74, 6) is -0.952. The lowest BCUT2D eigenvalue weighted by atomic mass is 10.2. The van der Waals surface area contributed by atoms with Crippen LogP contribution in [0, 0.1) is 5.82 Å². The SMILES string of the molecule is NC(=O)c1cnc(Nc2ccc(C(F)(F)F)cc2)cc1NCc1cncc(F)c1. The predicted octanol–water partition coefficient (Wildman–Crippen LogP) is 4.09. The average molecular weight is 405 g/mol. The van der Waals surface area contributed by atoms with E-state index in [9.17, 15) is 22.4 Å². The van der Waals surface area contributed by atoms with Crippen molar-refractivity contribution in [2.24, 2.45) is 5.73 Å². The third-order valence-electron chi connectivity index (χ3n) is 3.90. The normalized spacial score (nSPS) is 11.2. The fraction of sp³-hybridized carbons (Fsp3) is 0.105. The van der Waals surface area contributed by atoms with Gasteiger partial charge < -0.3 is 16.4 Å². The second kappa shape index (κ2) is 8.13. The Morgan fingerprint density at radius 3 is 2.41 bits per heavy atom. The van der Waals surface area contributed by atoms with E-state index in [1.807, 2.05) is 0 Å². The van der Waals surface area contributed by atoms with Crippen LogP contribution in [0.1, 0.15) is 21.5 Å². The number of hydrogen-bond acceptors (Lipinski definition) is 5. The highest BCUT2D eigenvalue weighted by Gasteiger charge is 2.29. The number of benzene rings is 1. The third-order valence-corrected chi connectivity index (χ3v) is 3.90. The molecular formula is C19H15F4N5O. The quantitative estimate of drug-likeness (QED) is 0.537. The maximum atomic E-state index is 13.3. The lowest BCUT2D eigenvalue weighted by Crippen LogP contribution is -2.15. The van der Waals surface area contributed by atoms with Crippen LogP contribution >= 0.6 is 0 Å². The first kappa shape index (κ1) is 20.1. The molecule has 3 rings (SSSR count). The second-order valence-corrected chi connectivity index (χ2v) is 6.04. The molecule has 29 heavy (non-hydrogen) atoms. The number of rotatable bonds is 6. The van der Waals surface area contributed by atoms with Crippen molar-refractivity contribution < 1.29 is 22.4 Å². The molecule has 3 aromatic rings. The van der Waals surface area contributed by atoms with Crippen LogP contribution in [0.25, 0.3) is 0 Å². The summed E-state index contributed by atoms with van der Waals surface area (Å²) in [6, 6.07) is 7.17. The van der Waals surface area contributed by atoms with Crippen molar-refractivity contribution in [2.45, 2.75) is 12.7 Å². The smallest absolute Gasteiger partial charge is 0.380 e. The zero-order valence-electron chi connectivity index (χ0n) is 14.8. The number of alkyl halides is 3. The molecule has 0 saturated carbocycles. The van der Waals surface area contributed by atoms with Gasteiger partial charge >= 0.3 is 6.18 Å². The van der Waals surface area contributed by atoms with Crippen LogP contribution in [-0.4, -0.2) is 15.9 Å². The topological polar surface area (TPSA) is 92.9 Å². The van der Waals surface area contributed by atoms with Gasteiger partial charge in [-0.2, -0.15) is 13.2 Å². The first-order valence-corrected chi connectivity index (χ1v) is 8.30. The van der Waals surface area contributed by atoms with Gasteiger partial charge in [-0.1, -0.05) is 0 Å². The van der Waals surface area contributed by atoms with Gasteiger partial charge in [0.1, 0.15) is 11.6 Å². The number of primary amides is 1. The monoisotopic (exact) mass is 405 g/mol. The molecule has 1 aromatic carbocycles. The van der Waals surface area contributed by atoms with Gasteiger partial charge in [0, 0.05) is 30.7 Å². The number of aromatic nitrogens is 2. The van der Waals surface area contributed by atoms with Gasteiger partial charge in [-0.3, -0.25) is 9.78 Å².